The van der Waals surface area contributed by atoms with E-state index in [9.17, 15) is 33.6 Å². The van der Waals surface area contributed by atoms with E-state index in [2.05, 4.69) is 0 Å². The summed E-state index contributed by atoms with van der Waals surface area (Å²) in [5.41, 5.74) is -5.72. The van der Waals surface area contributed by atoms with Crippen molar-refractivity contribution in [1.82, 2.24) is 0 Å². The standard InChI is InChI=1S/C13H12O7/c1-5(14)12(6(2)15)10(19)9(18)11(20)13(12,7(3)16)8(4)17/h1-4H3. The van der Waals surface area contributed by atoms with Crippen LogP contribution in [0, 0.1) is 10.8 Å². The Hall–Kier alpha value is -2.31. The molecule has 1 aliphatic rings. The van der Waals surface area contributed by atoms with Crippen LogP contribution in [0.25, 0.3) is 0 Å². The molecule has 0 aromatic rings. The van der Waals surface area contributed by atoms with Crippen molar-refractivity contribution in [2.45, 2.75) is 27.7 Å². The summed E-state index contributed by atoms with van der Waals surface area (Å²) in [4.78, 5) is 83.2. The van der Waals surface area contributed by atoms with Gasteiger partial charge in [0.1, 0.15) is 0 Å². The molecule has 0 spiro atoms. The van der Waals surface area contributed by atoms with Crippen LogP contribution in [0.15, 0.2) is 0 Å². The monoisotopic (exact) mass is 280 g/mol. The maximum absolute atomic E-state index is 12.0. The van der Waals surface area contributed by atoms with Gasteiger partial charge in [-0.1, -0.05) is 0 Å². The van der Waals surface area contributed by atoms with Gasteiger partial charge in [-0.15, -0.1) is 0 Å². The number of carbonyl (C=O) groups excluding carboxylic acids is 7. The summed E-state index contributed by atoms with van der Waals surface area (Å²) in [6, 6.07) is 0. The summed E-state index contributed by atoms with van der Waals surface area (Å²) in [7, 11) is 0. The van der Waals surface area contributed by atoms with E-state index < -0.39 is 51.3 Å². The molecule has 1 fully saturated rings. The minimum atomic E-state index is -2.86. The van der Waals surface area contributed by atoms with Crippen molar-refractivity contribution in [3.05, 3.63) is 0 Å². The highest BCUT2D eigenvalue weighted by Gasteiger charge is 2.79. The fourth-order valence-electron chi connectivity index (χ4n) is 2.98. The first-order chi connectivity index (χ1) is 9.00. The van der Waals surface area contributed by atoms with Crippen LogP contribution >= 0.6 is 0 Å². The van der Waals surface area contributed by atoms with E-state index in [1.807, 2.05) is 0 Å². The van der Waals surface area contributed by atoms with Crippen LogP contribution in [0.3, 0.4) is 0 Å². The first-order valence-corrected chi connectivity index (χ1v) is 5.68. The molecule has 7 heteroatoms. The van der Waals surface area contributed by atoms with Gasteiger partial charge in [0.15, 0.2) is 34.0 Å². The van der Waals surface area contributed by atoms with Crippen LogP contribution in [-0.4, -0.2) is 40.5 Å². The van der Waals surface area contributed by atoms with Crippen molar-refractivity contribution in [3.8, 4) is 0 Å². The number of hydrogen-bond acceptors (Lipinski definition) is 7. The molecule has 0 unspecified atom stereocenters. The molecule has 0 aromatic carbocycles. The zero-order valence-electron chi connectivity index (χ0n) is 11.4. The number of carbonyl (C=O) groups is 7. The molecule has 106 valence electrons. The molecular weight excluding hydrogens is 268 g/mol. The molecule has 7 nitrogen and oxygen atoms in total. The Morgan fingerprint density at radius 1 is 0.600 bits per heavy atom. The van der Waals surface area contributed by atoms with Gasteiger partial charge in [0.25, 0.3) is 5.78 Å². The largest absolute Gasteiger partial charge is 0.298 e. The highest BCUT2D eigenvalue weighted by Crippen LogP contribution is 2.50. The van der Waals surface area contributed by atoms with Gasteiger partial charge in [0, 0.05) is 0 Å². The van der Waals surface area contributed by atoms with Gasteiger partial charge >= 0.3 is 0 Å². The van der Waals surface area contributed by atoms with E-state index in [1.165, 1.54) is 0 Å². The highest BCUT2D eigenvalue weighted by atomic mass is 16.2. The Morgan fingerprint density at radius 2 is 0.800 bits per heavy atom. The van der Waals surface area contributed by atoms with Gasteiger partial charge in [0.2, 0.25) is 11.6 Å². The molecule has 0 atom stereocenters. The zero-order chi connectivity index (χ0) is 16.0. The van der Waals surface area contributed by atoms with Crippen LogP contribution < -0.4 is 0 Å². The van der Waals surface area contributed by atoms with E-state index in [0.717, 1.165) is 27.7 Å². The van der Waals surface area contributed by atoms with E-state index in [1.54, 1.807) is 0 Å². The summed E-state index contributed by atoms with van der Waals surface area (Å²) in [5, 5.41) is 0. The molecule has 0 aliphatic heterocycles. The molecule has 0 N–H and O–H groups in total. The second-order valence-corrected chi connectivity index (χ2v) is 4.71. The average molecular weight is 280 g/mol. The normalized spacial score (nSPS) is 19.9. The van der Waals surface area contributed by atoms with Crippen molar-refractivity contribution in [2.75, 3.05) is 0 Å². The Morgan fingerprint density at radius 3 is 0.950 bits per heavy atom. The van der Waals surface area contributed by atoms with Crippen LogP contribution in [0.2, 0.25) is 0 Å². The van der Waals surface area contributed by atoms with Crippen LogP contribution in [0.4, 0.5) is 0 Å². The van der Waals surface area contributed by atoms with Crippen molar-refractivity contribution >= 4 is 40.5 Å². The van der Waals surface area contributed by atoms with Crippen molar-refractivity contribution < 1.29 is 33.6 Å². The summed E-state index contributed by atoms with van der Waals surface area (Å²) in [5.74, 6) is -9.54. The summed E-state index contributed by atoms with van der Waals surface area (Å²) < 4.78 is 0. The third-order valence-corrected chi connectivity index (χ3v) is 3.77. The molecule has 0 bridgehead atoms. The summed E-state index contributed by atoms with van der Waals surface area (Å²) >= 11 is 0. The second-order valence-electron chi connectivity index (χ2n) is 4.71. The van der Waals surface area contributed by atoms with Gasteiger partial charge in [-0.25, -0.2) is 0 Å². The third kappa shape index (κ3) is 1.32. The molecule has 0 heterocycles. The summed E-state index contributed by atoms with van der Waals surface area (Å²) in [6.45, 7) is 3.19. The number of hydrogen-bond donors (Lipinski definition) is 0. The van der Waals surface area contributed by atoms with E-state index in [0.29, 0.717) is 0 Å². The predicted octanol–water partition coefficient (Wildman–Crippen LogP) is -0.964. The lowest BCUT2D eigenvalue weighted by Gasteiger charge is -2.34. The Labute approximate surface area is 113 Å². The van der Waals surface area contributed by atoms with Crippen LogP contribution in [0.5, 0.6) is 0 Å². The Bertz CT molecular complexity index is 528. The molecule has 1 rings (SSSR count). The van der Waals surface area contributed by atoms with Crippen molar-refractivity contribution in [1.29, 1.82) is 0 Å². The molecule has 20 heavy (non-hydrogen) atoms. The lowest BCUT2D eigenvalue weighted by Crippen LogP contribution is -2.60. The van der Waals surface area contributed by atoms with Gasteiger partial charge < -0.3 is 0 Å². The molecule has 1 aliphatic carbocycles. The second kappa shape index (κ2) is 4.36. The van der Waals surface area contributed by atoms with Crippen molar-refractivity contribution in [2.24, 2.45) is 10.8 Å². The van der Waals surface area contributed by atoms with E-state index in [4.69, 9.17) is 0 Å². The number of ketones is 7. The summed E-state index contributed by atoms with van der Waals surface area (Å²) in [6.07, 6.45) is 0. The van der Waals surface area contributed by atoms with Crippen LogP contribution in [0.1, 0.15) is 27.7 Å². The minimum Gasteiger partial charge on any atom is -0.298 e. The van der Waals surface area contributed by atoms with Gasteiger partial charge in [0.05, 0.1) is 0 Å². The SMILES string of the molecule is CC(=O)C1(C(C)=O)C(=O)C(=O)C(=O)C1(C(C)=O)C(C)=O. The topological polar surface area (TPSA) is 119 Å². The fraction of sp³-hybridized carbons (Fsp3) is 0.462. The van der Waals surface area contributed by atoms with E-state index >= 15 is 0 Å². The zero-order valence-corrected chi connectivity index (χ0v) is 11.4. The molecule has 1 saturated carbocycles. The van der Waals surface area contributed by atoms with Gasteiger partial charge in [-0.2, -0.15) is 0 Å². The van der Waals surface area contributed by atoms with Gasteiger partial charge in [-0.3, -0.25) is 33.6 Å². The number of Topliss-reactive ketones (excluding diaryl/α,β-unsaturated/α-hetero) is 7. The Kier molecular flexibility index (Phi) is 3.43. The molecule has 0 amide bonds. The molecule has 0 radical (unpaired) electrons. The van der Waals surface area contributed by atoms with Gasteiger partial charge in [-0.05, 0) is 27.7 Å². The molecule has 0 saturated heterocycles. The van der Waals surface area contributed by atoms with Crippen molar-refractivity contribution in [3.63, 3.8) is 0 Å². The highest BCUT2D eigenvalue weighted by molar-refractivity contribution is 6.78. The quantitative estimate of drug-likeness (QED) is 0.480. The average Bonchev–Trinajstić information content (AvgIpc) is 2.48. The first kappa shape index (κ1) is 15.7. The van der Waals surface area contributed by atoms with E-state index in [-0.39, 0.29) is 0 Å². The predicted molar refractivity (Wildman–Crippen MR) is 62.6 cm³/mol. The number of rotatable bonds is 4. The van der Waals surface area contributed by atoms with Crippen LogP contribution in [-0.2, 0) is 33.6 Å². The maximum atomic E-state index is 12.0. The lowest BCUT2D eigenvalue weighted by molar-refractivity contribution is -0.165. The lowest BCUT2D eigenvalue weighted by atomic mass is 9.57. The third-order valence-electron chi connectivity index (χ3n) is 3.77. The molecular formula is C13H12O7. The minimum absolute atomic E-state index is 0.797. The maximum Gasteiger partial charge on any atom is 0.267 e. The molecule has 0 aromatic heterocycles. The first-order valence-electron chi connectivity index (χ1n) is 5.68. The fourth-order valence-corrected chi connectivity index (χ4v) is 2.98. The Balaban J connectivity index is 4.08. The smallest absolute Gasteiger partial charge is 0.267 e.